The second-order valence-corrected chi connectivity index (χ2v) is 8.37. The minimum Gasteiger partial charge on any atom is -0.351 e. The Bertz CT molecular complexity index is 1210. The summed E-state index contributed by atoms with van der Waals surface area (Å²) < 4.78 is 2.05. The molecule has 1 aliphatic heterocycles. The van der Waals surface area contributed by atoms with Crippen molar-refractivity contribution in [3.8, 4) is 5.82 Å². The van der Waals surface area contributed by atoms with Crippen molar-refractivity contribution in [2.45, 2.75) is 12.1 Å². The number of aromatic nitrogens is 3. The summed E-state index contributed by atoms with van der Waals surface area (Å²) in [5.41, 5.74) is 2.87. The predicted molar refractivity (Wildman–Crippen MR) is 128 cm³/mol. The predicted octanol–water partition coefficient (Wildman–Crippen LogP) is 5.75. The van der Waals surface area contributed by atoms with E-state index in [1.54, 1.807) is 12.4 Å². The van der Waals surface area contributed by atoms with Gasteiger partial charge in [0.25, 0.3) is 0 Å². The molecule has 0 bridgehead atoms. The van der Waals surface area contributed by atoms with Crippen LogP contribution in [-0.2, 0) is 0 Å². The van der Waals surface area contributed by atoms with Crippen LogP contribution in [0, 0.1) is 0 Å². The lowest BCUT2D eigenvalue weighted by atomic mass is 10.0. The summed E-state index contributed by atoms with van der Waals surface area (Å²) in [4.78, 5) is 11.2. The number of thiocarbonyl (C=S) groups is 1. The molecule has 5 rings (SSSR count). The molecular formula is C23H17Cl2N5S. The molecule has 0 radical (unpaired) electrons. The quantitative estimate of drug-likeness (QED) is 0.388. The van der Waals surface area contributed by atoms with Crippen LogP contribution in [0.1, 0.15) is 23.5 Å². The third-order valence-electron chi connectivity index (χ3n) is 5.24. The minimum absolute atomic E-state index is 0.148. The number of hydrogen-bond donors (Lipinski definition) is 1. The number of pyridine rings is 2. The maximum Gasteiger partial charge on any atom is 0.174 e. The second-order valence-electron chi connectivity index (χ2n) is 7.11. The van der Waals surface area contributed by atoms with E-state index in [2.05, 4.69) is 30.8 Å². The van der Waals surface area contributed by atoms with Crippen LogP contribution >= 0.6 is 35.4 Å². The van der Waals surface area contributed by atoms with E-state index < -0.39 is 0 Å². The summed E-state index contributed by atoms with van der Waals surface area (Å²) in [7, 11) is 0. The first kappa shape index (κ1) is 20.0. The largest absolute Gasteiger partial charge is 0.351 e. The molecule has 154 valence electrons. The zero-order valence-corrected chi connectivity index (χ0v) is 18.5. The first-order valence-corrected chi connectivity index (χ1v) is 10.8. The van der Waals surface area contributed by atoms with Gasteiger partial charge in [-0.25, -0.2) is 4.98 Å². The molecule has 0 amide bonds. The molecule has 1 aromatic carbocycles. The lowest BCUT2D eigenvalue weighted by Crippen LogP contribution is -2.30. The lowest BCUT2D eigenvalue weighted by molar-refractivity contribution is 0.548. The van der Waals surface area contributed by atoms with Gasteiger partial charge in [-0.05, 0) is 72.9 Å². The van der Waals surface area contributed by atoms with E-state index in [4.69, 9.17) is 35.4 Å². The zero-order valence-electron chi connectivity index (χ0n) is 16.2. The van der Waals surface area contributed by atoms with Gasteiger partial charge in [0.2, 0.25) is 0 Å². The van der Waals surface area contributed by atoms with Gasteiger partial charge in [0.1, 0.15) is 11.9 Å². The number of anilines is 1. The molecule has 0 saturated carbocycles. The van der Waals surface area contributed by atoms with Gasteiger partial charge in [0.05, 0.1) is 16.8 Å². The molecule has 2 atom stereocenters. The Balaban J connectivity index is 1.66. The first-order valence-electron chi connectivity index (χ1n) is 9.67. The van der Waals surface area contributed by atoms with Gasteiger partial charge in [-0.2, -0.15) is 0 Å². The Morgan fingerprint density at radius 2 is 1.68 bits per heavy atom. The fourth-order valence-electron chi connectivity index (χ4n) is 3.89. The van der Waals surface area contributed by atoms with E-state index in [1.807, 2.05) is 66.9 Å². The van der Waals surface area contributed by atoms with Crippen LogP contribution in [0.25, 0.3) is 5.82 Å². The first-order chi connectivity index (χ1) is 15.1. The molecule has 4 heterocycles. The van der Waals surface area contributed by atoms with Crippen LogP contribution in [0.4, 0.5) is 5.69 Å². The zero-order chi connectivity index (χ0) is 21.4. The minimum atomic E-state index is -0.156. The van der Waals surface area contributed by atoms with Gasteiger partial charge in [0, 0.05) is 35.0 Å². The molecule has 31 heavy (non-hydrogen) atoms. The molecule has 1 N–H and O–H groups in total. The smallest absolute Gasteiger partial charge is 0.174 e. The second kappa shape index (κ2) is 8.30. The van der Waals surface area contributed by atoms with E-state index >= 15 is 0 Å². The molecule has 1 aliphatic rings. The Labute approximate surface area is 195 Å². The number of nitrogens with zero attached hydrogens (tertiary/aromatic N) is 4. The molecule has 4 aromatic rings. The molecule has 1 fully saturated rings. The summed E-state index contributed by atoms with van der Waals surface area (Å²) in [6.07, 6.45) is 5.43. The lowest BCUT2D eigenvalue weighted by Gasteiger charge is -2.28. The highest BCUT2D eigenvalue weighted by molar-refractivity contribution is 7.80. The molecular weight excluding hydrogens is 449 g/mol. The summed E-state index contributed by atoms with van der Waals surface area (Å²) >= 11 is 18.0. The standard InChI is InChI=1S/C23H17Cl2N5S/c24-15-6-9-17(10-7-15)30-22(21(28-23(30)31)18-4-1-2-12-26-18)19-5-3-13-29(19)20-11-8-16(25)14-27-20/h1-14,21-22H,(H,28,31)/t21-,22+/m0/s1. The summed E-state index contributed by atoms with van der Waals surface area (Å²) in [5.74, 6) is 0.776. The number of rotatable bonds is 4. The van der Waals surface area contributed by atoms with Gasteiger partial charge in [0.15, 0.2) is 5.11 Å². The number of halogens is 2. The van der Waals surface area contributed by atoms with Crippen LogP contribution in [-0.4, -0.2) is 19.6 Å². The fourth-order valence-corrected chi connectivity index (χ4v) is 4.47. The molecule has 0 unspecified atom stereocenters. The highest BCUT2D eigenvalue weighted by Crippen LogP contribution is 2.42. The van der Waals surface area contributed by atoms with Crippen molar-refractivity contribution < 1.29 is 0 Å². The van der Waals surface area contributed by atoms with Crippen molar-refractivity contribution in [1.29, 1.82) is 0 Å². The van der Waals surface area contributed by atoms with Crippen molar-refractivity contribution in [1.82, 2.24) is 19.9 Å². The van der Waals surface area contributed by atoms with Crippen LogP contribution in [0.15, 0.2) is 85.3 Å². The summed E-state index contributed by atoms with van der Waals surface area (Å²) in [6.45, 7) is 0. The topological polar surface area (TPSA) is 46.0 Å². The van der Waals surface area contributed by atoms with E-state index in [-0.39, 0.29) is 12.1 Å². The SMILES string of the molecule is S=C1N[C@@H](c2ccccn2)[C@@H](c2cccn2-c2ccc(Cl)cn2)N1c1ccc(Cl)cc1. The fraction of sp³-hybridized carbons (Fsp3) is 0.0870. The third-order valence-corrected chi connectivity index (χ3v) is 6.03. The summed E-state index contributed by atoms with van der Waals surface area (Å²) in [5, 5.41) is 5.36. The number of hydrogen-bond acceptors (Lipinski definition) is 3. The van der Waals surface area contributed by atoms with Gasteiger partial charge >= 0.3 is 0 Å². The summed E-state index contributed by atoms with van der Waals surface area (Å²) in [6, 6.07) is 21.1. The normalized spacial score (nSPS) is 18.3. The van der Waals surface area contributed by atoms with Crippen molar-refractivity contribution in [2.24, 2.45) is 0 Å². The monoisotopic (exact) mass is 465 g/mol. The van der Waals surface area contributed by atoms with Crippen LogP contribution in [0.2, 0.25) is 10.0 Å². The molecule has 5 nitrogen and oxygen atoms in total. The van der Waals surface area contributed by atoms with Crippen LogP contribution < -0.4 is 10.2 Å². The van der Waals surface area contributed by atoms with Gasteiger partial charge in [-0.3, -0.25) is 4.98 Å². The average Bonchev–Trinajstić information content (AvgIpc) is 3.40. The van der Waals surface area contributed by atoms with Crippen LogP contribution in [0.5, 0.6) is 0 Å². The van der Waals surface area contributed by atoms with E-state index in [0.717, 1.165) is 22.9 Å². The number of benzene rings is 1. The molecule has 0 spiro atoms. The van der Waals surface area contributed by atoms with Gasteiger partial charge in [-0.1, -0.05) is 29.3 Å². The highest BCUT2D eigenvalue weighted by Gasteiger charge is 2.42. The Morgan fingerprint density at radius 1 is 0.871 bits per heavy atom. The molecule has 0 aliphatic carbocycles. The maximum atomic E-state index is 6.13. The van der Waals surface area contributed by atoms with E-state index in [9.17, 15) is 0 Å². The van der Waals surface area contributed by atoms with Gasteiger partial charge < -0.3 is 14.8 Å². The molecule has 1 saturated heterocycles. The van der Waals surface area contributed by atoms with Crippen LogP contribution in [0.3, 0.4) is 0 Å². The molecule has 8 heteroatoms. The van der Waals surface area contributed by atoms with E-state index in [1.165, 1.54) is 0 Å². The Hall–Kier alpha value is -2.93. The van der Waals surface area contributed by atoms with Crippen molar-refractivity contribution in [3.63, 3.8) is 0 Å². The third kappa shape index (κ3) is 3.78. The van der Waals surface area contributed by atoms with Crippen molar-refractivity contribution >= 4 is 46.2 Å². The van der Waals surface area contributed by atoms with Gasteiger partial charge in [-0.15, -0.1) is 0 Å². The van der Waals surface area contributed by atoms with E-state index in [0.29, 0.717) is 15.2 Å². The Morgan fingerprint density at radius 3 is 2.39 bits per heavy atom. The number of nitrogens with one attached hydrogen (secondary N) is 1. The highest BCUT2D eigenvalue weighted by atomic mass is 35.5. The average molecular weight is 466 g/mol. The Kier molecular flexibility index (Phi) is 5.36. The maximum absolute atomic E-state index is 6.13. The van der Waals surface area contributed by atoms with Crippen molar-refractivity contribution in [2.75, 3.05) is 4.90 Å². The van der Waals surface area contributed by atoms with Crippen molar-refractivity contribution in [3.05, 3.63) is 107 Å². The molecule has 3 aromatic heterocycles.